The van der Waals surface area contributed by atoms with Gasteiger partial charge < -0.3 is 23.8 Å². The van der Waals surface area contributed by atoms with Gasteiger partial charge in [0, 0.05) is 43.5 Å². The molecule has 0 aliphatic carbocycles. The van der Waals surface area contributed by atoms with Crippen LogP contribution in [-0.4, -0.2) is 59.0 Å². The summed E-state index contributed by atoms with van der Waals surface area (Å²) in [5, 5.41) is 9.79. The van der Waals surface area contributed by atoms with Gasteiger partial charge in [0.25, 0.3) is 17.4 Å². The molecular formula is C38H38BrN5O5. The molecule has 10 nitrogen and oxygen atoms in total. The molecule has 0 radical (unpaired) electrons. The van der Waals surface area contributed by atoms with Crippen LogP contribution in [0.1, 0.15) is 56.8 Å². The lowest BCUT2D eigenvalue weighted by atomic mass is 9.91. The minimum atomic E-state index is -0.363. The van der Waals surface area contributed by atoms with E-state index >= 15 is 0 Å². The van der Waals surface area contributed by atoms with Crippen molar-refractivity contribution in [2.45, 2.75) is 39.8 Å². The Morgan fingerprint density at radius 1 is 1.10 bits per heavy atom. The number of methoxy groups -OCH3 is 2. The van der Waals surface area contributed by atoms with Gasteiger partial charge in [-0.1, -0.05) is 12.1 Å². The van der Waals surface area contributed by atoms with Crippen molar-refractivity contribution in [2.24, 2.45) is 7.05 Å². The fourth-order valence-corrected chi connectivity index (χ4v) is 6.64. The number of nitriles is 1. The molecule has 1 unspecified atom stereocenters. The number of fused-ring (bicyclic) bond motifs is 1. The molecule has 49 heavy (non-hydrogen) atoms. The number of aryl methyl sites for hydroxylation is 1. The van der Waals surface area contributed by atoms with E-state index in [1.807, 2.05) is 51.1 Å². The number of hydrogen-bond acceptors (Lipinski definition) is 7. The van der Waals surface area contributed by atoms with Gasteiger partial charge in [-0.3, -0.25) is 14.4 Å². The van der Waals surface area contributed by atoms with Crippen LogP contribution < -0.4 is 15.0 Å². The van der Waals surface area contributed by atoms with Crippen LogP contribution in [0.25, 0.3) is 17.2 Å². The predicted molar refractivity (Wildman–Crippen MR) is 191 cm³/mol. The van der Waals surface area contributed by atoms with Gasteiger partial charge in [0.05, 0.1) is 38.1 Å². The van der Waals surface area contributed by atoms with Gasteiger partial charge in [-0.15, -0.1) is 0 Å². The second kappa shape index (κ2) is 14.5. The van der Waals surface area contributed by atoms with Gasteiger partial charge in [-0.2, -0.15) is 5.26 Å². The molecule has 3 heterocycles. The molecule has 1 atom stereocenters. The zero-order chi connectivity index (χ0) is 35.6. The number of aromatic nitrogens is 2. The minimum absolute atomic E-state index is 0.00725. The summed E-state index contributed by atoms with van der Waals surface area (Å²) in [7, 11) is 6.61. The summed E-state index contributed by atoms with van der Waals surface area (Å²) in [5.41, 5.74) is 6.89. The fourth-order valence-electron chi connectivity index (χ4n) is 6.28. The first-order valence-electron chi connectivity index (χ1n) is 15.7. The van der Waals surface area contributed by atoms with Crippen molar-refractivity contribution >= 4 is 33.8 Å². The van der Waals surface area contributed by atoms with E-state index in [2.05, 4.69) is 20.9 Å². The molecule has 0 fully saturated rings. The maximum Gasteiger partial charge on any atom is 0.265 e. The molecule has 0 bridgehead atoms. The highest BCUT2D eigenvalue weighted by atomic mass is 79.9. The summed E-state index contributed by atoms with van der Waals surface area (Å²) in [6.45, 7) is 6.29. The zero-order valence-electron chi connectivity index (χ0n) is 28.6. The monoisotopic (exact) mass is 723 g/mol. The summed E-state index contributed by atoms with van der Waals surface area (Å²) >= 11 is 3.32. The van der Waals surface area contributed by atoms with Crippen LogP contribution in [0.5, 0.6) is 11.5 Å². The van der Waals surface area contributed by atoms with E-state index < -0.39 is 0 Å². The topological polar surface area (TPSA) is 118 Å². The largest absolute Gasteiger partial charge is 0.496 e. The van der Waals surface area contributed by atoms with E-state index in [4.69, 9.17) is 9.47 Å². The van der Waals surface area contributed by atoms with Crippen LogP contribution in [0.3, 0.4) is 0 Å². The normalized spacial score (nSPS) is 14.1. The number of amides is 2. The summed E-state index contributed by atoms with van der Waals surface area (Å²) < 4.78 is 13.8. The molecule has 0 spiro atoms. The maximum atomic E-state index is 13.7. The van der Waals surface area contributed by atoms with Crippen LogP contribution in [0, 0.1) is 25.2 Å². The first-order chi connectivity index (χ1) is 23.4. The van der Waals surface area contributed by atoms with Crippen LogP contribution in [0.4, 0.5) is 0 Å². The number of hydrogen-bond donors (Lipinski definition) is 0. The lowest BCUT2D eigenvalue weighted by Gasteiger charge is -2.35. The molecule has 5 rings (SSSR count). The van der Waals surface area contributed by atoms with Crippen molar-refractivity contribution in [1.29, 1.82) is 5.26 Å². The highest BCUT2D eigenvalue weighted by Gasteiger charge is 2.30. The van der Waals surface area contributed by atoms with E-state index in [-0.39, 0.29) is 35.5 Å². The Bertz CT molecular complexity index is 2070. The molecule has 0 saturated heterocycles. The zero-order valence-corrected chi connectivity index (χ0v) is 30.2. The number of ether oxygens (including phenoxy) is 2. The van der Waals surface area contributed by atoms with Gasteiger partial charge >= 0.3 is 0 Å². The van der Waals surface area contributed by atoms with Crippen molar-refractivity contribution in [2.75, 3.05) is 27.8 Å². The lowest BCUT2D eigenvalue weighted by Crippen LogP contribution is -2.39. The summed E-state index contributed by atoms with van der Waals surface area (Å²) in [6, 6.07) is 16.4. The van der Waals surface area contributed by atoms with E-state index in [1.54, 1.807) is 73.1 Å². The number of nitrogens with zero attached hydrogens (tertiary/aromatic N) is 5. The Morgan fingerprint density at radius 2 is 1.80 bits per heavy atom. The summed E-state index contributed by atoms with van der Waals surface area (Å²) in [5.74, 6) is 0.580. The third-order valence-electron chi connectivity index (χ3n) is 9.16. The van der Waals surface area contributed by atoms with Gasteiger partial charge in [0.15, 0.2) is 0 Å². The lowest BCUT2D eigenvalue weighted by molar-refractivity contribution is -0.129. The van der Waals surface area contributed by atoms with Gasteiger partial charge in [-0.05, 0) is 108 Å². The maximum absolute atomic E-state index is 13.7. The second-order valence-corrected chi connectivity index (χ2v) is 12.9. The molecule has 0 N–H and O–H groups in total. The Labute approximate surface area is 294 Å². The number of pyridine rings is 2. The fraction of sp³-hybridized carbons (Fsp3) is 0.289. The van der Waals surface area contributed by atoms with Crippen LogP contribution >= 0.6 is 15.9 Å². The Balaban J connectivity index is 1.37. The molecule has 2 amide bonds. The summed E-state index contributed by atoms with van der Waals surface area (Å²) in [6.07, 6.45) is 3.84. The number of carbonyl (C=O) groups excluding carboxylic acids is 2. The number of halogens is 1. The van der Waals surface area contributed by atoms with Gasteiger partial charge in [0.1, 0.15) is 27.7 Å². The quantitative estimate of drug-likeness (QED) is 0.121. The van der Waals surface area contributed by atoms with Gasteiger partial charge in [-0.25, -0.2) is 4.98 Å². The van der Waals surface area contributed by atoms with Crippen molar-refractivity contribution in [3.05, 3.63) is 114 Å². The Hall–Kier alpha value is -5.21. The molecule has 1 aliphatic rings. The van der Waals surface area contributed by atoms with E-state index in [1.165, 1.54) is 6.08 Å². The highest BCUT2D eigenvalue weighted by molar-refractivity contribution is 9.10. The van der Waals surface area contributed by atoms with Crippen molar-refractivity contribution in [1.82, 2.24) is 19.4 Å². The first kappa shape index (κ1) is 35.1. The number of carbonyl (C=O) groups is 2. The average Bonchev–Trinajstić information content (AvgIpc) is 3.10. The van der Waals surface area contributed by atoms with Crippen molar-refractivity contribution in [3.8, 4) is 28.7 Å². The molecule has 4 aromatic rings. The average molecular weight is 725 g/mol. The highest BCUT2D eigenvalue weighted by Crippen LogP contribution is 2.37. The molecule has 1 aliphatic heterocycles. The third kappa shape index (κ3) is 7.01. The van der Waals surface area contributed by atoms with Crippen LogP contribution in [-0.2, 0) is 24.8 Å². The number of benzene rings is 2. The molecule has 252 valence electrons. The number of rotatable bonds is 8. The second-order valence-electron chi connectivity index (χ2n) is 12.1. The smallest absolute Gasteiger partial charge is 0.265 e. The molecule has 2 aromatic carbocycles. The van der Waals surface area contributed by atoms with E-state index in [9.17, 15) is 19.6 Å². The SMILES string of the molecule is COc1cc(-c2cn(C)c(=O)c(C)c2C)cc(OC)c1CN(C)C(=O)c1ccc2c(c1)CCN(C(=O)/C(C#N)=C\c1cccc(Br)n1)C2C. The van der Waals surface area contributed by atoms with Crippen molar-refractivity contribution < 1.29 is 19.1 Å². The van der Waals surface area contributed by atoms with E-state index in [0.717, 1.165) is 27.8 Å². The third-order valence-corrected chi connectivity index (χ3v) is 9.60. The van der Waals surface area contributed by atoms with Crippen molar-refractivity contribution in [3.63, 3.8) is 0 Å². The predicted octanol–water partition coefficient (Wildman–Crippen LogP) is 6.17. The first-order valence-corrected chi connectivity index (χ1v) is 16.5. The summed E-state index contributed by atoms with van der Waals surface area (Å²) in [4.78, 5) is 47.3. The van der Waals surface area contributed by atoms with E-state index in [0.29, 0.717) is 51.5 Å². The minimum Gasteiger partial charge on any atom is -0.496 e. The molecule has 11 heteroatoms. The molecular weight excluding hydrogens is 686 g/mol. The molecule has 0 saturated carbocycles. The Morgan fingerprint density at radius 3 is 2.43 bits per heavy atom. The van der Waals surface area contributed by atoms with Crippen LogP contribution in [0.15, 0.2) is 69.7 Å². The van der Waals surface area contributed by atoms with Crippen LogP contribution in [0.2, 0.25) is 0 Å². The molecule has 2 aromatic heterocycles. The van der Waals surface area contributed by atoms with Gasteiger partial charge in [0.2, 0.25) is 0 Å². The Kier molecular flexibility index (Phi) is 10.4. The standard InChI is InChI=1S/C38H38BrN5O5/c1-22-23(2)36(45)42(4)20-31(22)27-17-33(48-6)32(34(18-27)49-7)21-43(5)37(46)26-11-12-30-24(3)44(14-13-25(30)15-26)38(47)28(19-40)16-29-9-8-10-35(39)41-29/h8-12,15-18,20,24H,13-14,21H2,1-7H3/b28-16-.